The molecule has 3 aliphatic rings. The summed E-state index contributed by atoms with van der Waals surface area (Å²) in [6, 6.07) is 2.07. The van der Waals surface area contributed by atoms with Gasteiger partial charge in [0.25, 0.3) is 5.91 Å². The van der Waals surface area contributed by atoms with Crippen molar-refractivity contribution in [3.63, 3.8) is 0 Å². The topological polar surface area (TPSA) is 51.7 Å². The van der Waals surface area contributed by atoms with E-state index in [4.69, 9.17) is 9.47 Å². The predicted octanol–water partition coefficient (Wildman–Crippen LogP) is 2.56. The van der Waals surface area contributed by atoms with E-state index in [1.165, 1.54) is 0 Å². The number of ether oxygens (including phenoxy) is 2. The zero-order chi connectivity index (χ0) is 17.5. The number of likely N-dealkylation sites (tertiary alicyclic amines) is 1. The molecule has 25 heavy (non-hydrogen) atoms. The van der Waals surface area contributed by atoms with Crippen LogP contribution in [-0.2, 0) is 20.9 Å². The van der Waals surface area contributed by atoms with Crippen LogP contribution in [-0.4, -0.2) is 52.9 Å². The molecule has 3 heterocycles. The number of hydrogen-bond donors (Lipinski definition) is 0. The molecule has 1 aliphatic carbocycles. The van der Waals surface area contributed by atoms with Crippen molar-refractivity contribution in [2.75, 3.05) is 19.7 Å². The Balaban J connectivity index is 1.29. The van der Waals surface area contributed by atoms with Gasteiger partial charge in [-0.25, -0.2) is 4.39 Å². The molecule has 1 amide bonds. The maximum Gasteiger partial charge on any atom is 0.260 e. The van der Waals surface area contributed by atoms with Crippen molar-refractivity contribution < 1.29 is 18.7 Å². The third-order valence-corrected chi connectivity index (χ3v) is 5.64. The molecule has 1 spiro atoms. The average Bonchev–Trinajstić information content (AvgIpc) is 2.55. The minimum Gasteiger partial charge on any atom is -0.373 e. The molecule has 0 radical (unpaired) electrons. The first-order valence-corrected chi connectivity index (χ1v) is 9.13. The molecule has 6 heteroatoms. The van der Waals surface area contributed by atoms with E-state index < -0.39 is 5.67 Å². The second-order valence-corrected chi connectivity index (χ2v) is 7.81. The number of aryl methyl sites for hydroxylation is 1. The summed E-state index contributed by atoms with van der Waals surface area (Å²) < 4.78 is 26.3. The minimum absolute atomic E-state index is 0.106. The number of pyridine rings is 1. The van der Waals surface area contributed by atoms with Gasteiger partial charge in [0.1, 0.15) is 5.60 Å². The second-order valence-electron chi connectivity index (χ2n) is 7.81. The molecule has 3 fully saturated rings. The summed E-state index contributed by atoms with van der Waals surface area (Å²) in [6.45, 7) is 4.15. The highest BCUT2D eigenvalue weighted by molar-refractivity contribution is 5.87. The van der Waals surface area contributed by atoms with Crippen LogP contribution in [0.3, 0.4) is 0 Å². The number of carbonyl (C=O) groups excluding carboxylic acids is 1. The number of rotatable bonds is 4. The molecule has 0 aromatic carbocycles. The Morgan fingerprint density at radius 2 is 2.24 bits per heavy atom. The Kier molecular flexibility index (Phi) is 4.28. The normalized spacial score (nSPS) is 26.8. The molecule has 2 saturated heterocycles. The standard InChI is InChI=1S/C19H25FN2O3/c1-14-7-15(10-21-9-14)11-24-16-3-6-25-18(8-16)12-22(13-18)17(23)19(20)4-2-5-19/h7,9-10,16H,2-6,8,11-13H2,1H3/t16-/m0/s1. The van der Waals surface area contributed by atoms with Gasteiger partial charge < -0.3 is 14.4 Å². The lowest BCUT2D eigenvalue weighted by Gasteiger charge is -2.54. The lowest BCUT2D eigenvalue weighted by molar-refractivity contribution is -0.210. The van der Waals surface area contributed by atoms with Gasteiger partial charge in [-0.1, -0.05) is 6.07 Å². The summed E-state index contributed by atoms with van der Waals surface area (Å²) in [5, 5.41) is 0. The van der Waals surface area contributed by atoms with Crippen LogP contribution in [0.4, 0.5) is 4.39 Å². The maximum atomic E-state index is 14.3. The van der Waals surface area contributed by atoms with E-state index >= 15 is 0 Å². The first-order valence-electron chi connectivity index (χ1n) is 9.13. The van der Waals surface area contributed by atoms with E-state index in [0.29, 0.717) is 39.1 Å². The monoisotopic (exact) mass is 348 g/mol. The Bertz CT molecular complexity index is 656. The van der Waals surface area contributed by atoms with Crippen LogP contribution in [0, 0.1) is 6.92 Å². The van der Waals surface area contributed by atoms with Crippen molar-refractivity contribution in [3.05, 3.63) is 29.6 Å². The molecule has 1 aromatic rings. The molecular formula is C19H25FN2O3. The Morgan fingerprint density at radius 1 is 1.44 bits per heavy atom. The molecule has 0 unspecified atom stereocenters. The van der Waals surface area contributed by atoms with E-state index in [1.807, 2.05) is 19.3 Å². The van der Waals surface area contributed by atoms with Crippen molar-refractivity contribution in [1.29, 1.82) is 0 Å². The van der Waals surface area contributed by atoms with Gasteiger partial charge in [-0.2, -0.15) is 0 Å². The largest absolute Gasteiger partial charge is 0.373 e. The molecule has 0 bridgehead atoms. The smallest absolute Gasteiger partial charge is 0.260 e. The van der Waals surface area contributed by atoms with Gasteiger partial charge in [-0.15, -0.1) is 0 Å². The van der Waals surface area contributed by atoms with Crippen LogP contribution in [0.15, 0.2) is 18.5 Å². The third-order valence-electron chi connectivity index (χ3n) is 5.64. The number of amides is 1. The van der Waals surface area contributed by atoms with Crippen molar-refractivity contribution in [2.24, 2.45) is 0 Å². The van der Waals surface area contributed by atoms with Gasteiger partial charge in [0.15, 0.2) is 5.67 Å². The molecule has 4 rings (SSSR count). The van der Waals surface area contributed by atoms with Crippen molar-refractivity contribution in [3.8, 4) is 0 Å². The van der Waals surface area contributed by atoms with Crippen LogP contribution in [0.25, 0.3) is 0 Å². The summed E-state index contributed by atoms with van der Waals surface area (Å²) in [6.07, 6.45) is 6.91. The molecule has 1 aromatic heterocycles. The predicted molar refractivity (Wildman–Crippen MR) is 89.7 cm³/mol. The van der Waals surface area contributed by atoms with E-state index in [1.54, 1.807) is 4.90 Å². The maximum absolute atomic E-state index is 14.3. The number of hydrogen-bond acceptors (Lipinski definition) is 4. The Hall–Kier alpha value is -1.53. The summed E-state index contributed by atoms with van der Waals surface area (Å²) in [5.74, 6) is -0.346. The van der Waals surface area contributed by atoms with E-state index in [-0.39, 0.29) is 17.6 Å². The second kappa shape index (κ2) is 6.32. The number of carbonyl (C=O) groups is 1. The molecule has 2 aliphatic heterocycles. The molecule has 0 N–H and O–H groups in total. The number of alkyl halides is 1. The fourth-order valence-corrected chi connectivity index (χ4v) is 4.03. The number of nitrogens with zero attached hydrogens (tertiary/aromatic N) is 2. The highest BCUT2D eigenvalue weighted by Gasteiger charge is 2.55. The Labute approximate surface area is 147 Å². The third kappa shape index (κ3) is 3.29. The summed E-state index contributed by atoms with van der Waals surface area (Å²) in [7, 11) is 0. The quantitative estimate of drug-likeness (QED) is 0.839. The van der Waals surface area contributed by atoms with Crippen LogP contribution in [0.5, 0.6) is 0 Å². The first kappa shape index (κ1) is 16.9. The SMILES string of the molecule is Cc1cncc(CO[C@H]2CCOC3(C2)CN(C(=O)C2(F)CCC2)C3)c1. The molecule has 136 valence electrons. The fourth-order valence-electron chi connectivity index (χ4n) is 4.03. The highest BCUT2D eigenvalue weighted by atomic mass is 19.1. The van der Waals surface area contributed by atoms with E-state index in [0.717, 1.165) is 30.4 Å². The van der Waals surface area contributed by atoms with Crippen LogP contribution < -0.4 is 0 Å². The van der Waals surface area contributed by atoms with Gasteiger partial charge in [-0.3, -0.25) is 9.78 Å². The van der Waals surface area contributed by atoms with Crippen molar-refractivity contribution in [2.45, 2.75) is 63.0 Å². The zero-order valence-corrected chi connectivity index (χ0v) is 14.7. The number of halogens is 1. The number of aromatic nitrogens is 1. The lowest BCUT2D eigenvalue weighted by Crippen LogP contribution is -2.70. The summed E-state index contributed by atoms with van der Waals surface area (Å²) >= 11 is 0. The van der Waals surface area contributed by atoms with Crippen LogP contribution >= 0.6 is 0 Å². The summed E-state index contributed by atoms with van der Waals surface area (Å²) in [4.78, 5) is 18.0. The summed E-state index contributed by atoms with van der Waals surface area (Å²) in [5.41, 5.74) is 0.234. The van der Waals surface area contributed by atoms with E-state index in [2.05, 4.69) is 11.1 Å². The molecule has 5 nitrogen and oxygen atoms in total. The molecule has 1 atom stereocenters. The van der Waals surface area contributed by atoms with E-state index in [9.17, 15) is 9.18 Å². The van der Waals surface area contributed by atoms with Gasteiger partial charge in [0, 0.05) is 25.4 Å². The van der Waals surface area contributed by atoms with Crippen LogP contribution in [0.2, 0.25) is 0 Å². The van der Waals surface area contributed by atoms with Gasteiger partial charge in [-0.05, 0) is 43.7 Å². The van der Waals surface area contributed by atoms with Crippen molar-refractivity contribution in [1.82, 2.24) is 9.88 Å². The average molecular weight is 348 g/mol. The van der Waals surface area contributed by atoms with Crippen molar-refractivity contribution >= 4 is 5.91 Å². The first-order chi connectivity index (χ1) is 12.0. The lowest BCUT2D eigenvalue weighted by atomic mass is 9.78. The molecule has 1 saturated carbocycles. The van der Waals surface area contributed by atoms with Gasteiger partial charge in [0.2, 0.25) is 0 Å². The Morgan fingerprint density at radius 3 is 2.92 bits per heavy atom. The van der Waals surface area contributed by atoms with Crippen LogP contribution in [0.1, 0.15) is 43.2 Å². The minimum atomic E-state index is -1.61. The zero-order valence-electron chi connectivity index (χ0n) is 14.7. The van der Waals surface area contributed by atoms with Gasteiger partial charge >= 0.3 is 0 Å². The highest BCUT2D eigenvalue weighted by Crippen LogP contribution is 2.42. The molecular weight excluding hydrogens is 323 g/mol. The van der Waals surface area contributed by atoms with Gasteiger partial charge in [0.05, 0.1) is 25.8 Å². The fraction of sp³-hybridized carbons (Fsp3) is 0.684.